The van der Waals surface area contributed by atoms with Crippen molar-refractivity contribution in [2.75, 3.05) is 45.8 Å². The van der Waals surface area contributed by atoms with E-state index >= 15 is 0 Å². The first-order valence-electron chi connectivity index (χ1n) is 9.27. The van der Waals surface area contributed by atoms with Crippen molar-refractivity contribution in [3.8, 4) is 0 Å². The van der Waals surface area contributed by atoms with Gasteiger partial charge in [0.05, 0.1) is 12.5 Å². The predicted molar refractivity (Wildman–Crippen MR) is 102 cm³/mol. The van der Waals surface area contributed by atoms with Crippen LogP contribution in [0.3, 0.4) is 0 Å². The normalized spacial score (nSPS) is 22.3. The van der Waals surface area contributed by atoms with Gasteiger partial charge in [0.2, 0.25) is 11.8 Å². The Bertz CT molecular complexity index is 629. The van der Waals surface area contributed by atoms with Crippen molar-refractivity contribution < 1.29 is 9.59 Å². The highest BCUT2D eigenvalue weighted by atomic mass is 35.5. The summed E-state index contributed by atoms with van der Waals surface area (Å²) >= 11 is 5.93. The van der Waals surface area contributed by atoms with Crippen LogP contribution in [0.5, 0.6) is 0 Å². The lowest BCUT2D eigenvalue weighted by Crippen LogP contribution is -2.51. The number of piperazine rings is 1. The minimum absolute atomic E-state index is 0.113. The van der Waals surface area contributed by atoms with Crippen molar-refractivity contribution in [2.24, 2.45) is 11.7 Å². The van der Waals surface area contributed by atoms with E-state index in [-0.39, 0.29) is 17.7 Å². The van der Waals surface area contributed by atoms with E-state index in [1.807, 2.05) is 12.1 Å². The number of nitrogens with zero attached hydrogens (tertiary/aromatic N) is 3. The second kappa shape index (κ2) is 8.84. The van der Waals surface area contributed by atoms with Crippen molar-refractivity contribution >= 4 is 23.4 Å². The number of halogens is 1. The Labute approximate surface area is 159 Å². The summed E-state index contributed by atoms with van der Waals surface area (Å²) in [4.78, 5) is 30.3. The van der Waals surface area contributed by atoms with Crippen molar-refractivity contribution in [1.82, 2.24) is 14.7 Å². The van der Waals surface area contributed by atoms with Gasteiger partial charge in [0.1, 0.15) is 0 Å². The number of benzene rings is 1. The number of piperidine rings is 1. The fraction of sp³-hybridized carbons (Fsp3) is 0.579. The van der Waals surface area contributed by atoms with Gasteiger partial charge in [-0.2, -0.15) is 0 Å². The van der Waals surface area contributed by atoms with E-state index in [9.17, 15) is 9.59 Å². The molecule has 0 aliphatic carbocycles. The highest BCUT2D eigenvalue weighted by Crippen LogP contribution is 2.17. The van der Waals surface area contributed by atoms with Crippen LogP contribution in [0.2, 0.25) is 5.02 Å². The number of carbonyl (C=O) groups is 2. The molecule has 2 aliphatic heterocycles. The summed E-state index contributed by atoms with van der Waals surface area (Å²) in [5, 5.41) is 0.758. The van der Waals surface area contributed by atoms with Gasteiger partial charge in [-0.25, -0.2) is 0 Å². The maximum Gasteiger partial charge on any atom is 0.236 e. The van der Waals surface area contributed by atoms with Gasteiger partial charge in [0.15, 0.2) is 0 Å². The molecule has 2 saturated heterocycles. The minimum Gasteiger partial charge on any atom is -0.369 e. The molecule has 1 unspecified atom stereocenters. The zero-order valence-electron chi connectivity index (χ0n) is 15.1. The number of hydrogen-bond acceptors (Lipinski definition) is 4. The number of likely N-dealkylation sites (tertiary alicyclic amines) is 1. The second-order valence-electron chi connectivity index (χ2n) is 7.26. The van der Waals surface area contributed by atoms with Crippen molar-refractivity contribution in [1.29, 1.82) is 0 Å². The fourth-order valence-electron chi connectivity index (χ4n) is 3.68. The van der Waals surface area contributed by atoms with Crippen LogP contribution in [0.25, 0.3) is 0 Å². The van der Waals surface area contributed by atoms with Crippen molar-refractivity contribution in [3.05, 3.63) is 34.9 Å². The summed E-state index contributed by atoms with van der Waals surface area (Å²) in [7, 11) is 0. The first-order chi connectivity index (χ1) is 12.5. The predicted octanol–water partition coefficient (Wildman–Crippen LogP) is 1.18. The first-order valence-corrected chi connectivity index (χ1v) is 9.65. The molecule has 0 radical (unpaired) electrons. The van der Waals surface area contributed by atoms with E-state index in [0.29, 0.717) is 13.1 Å². The Morgan fingerprint density at radius 2 is 1.69 bits per heavy atom. The third-order valence-corrected chi connectivity index (χ3v) is 5.57. The number of amides is 2. The van der Waals surface area contributed by atoms with Gasteiger partial charge >= 0.3 is 0 Å². The van der Waals surface area contributed by atoms with Crippen LogP contribution in [-0.4, -0.2) is 72.3 Å². The highest BCUT2D eigenvalue weighted by Gasteiger charge is 2.28. The molecule has 142 valence electrons. The molecular weight excluding hydrogens is 352 g/mol. The summed E-state index contributed by atoms with van der Waals surface area (Å²) in [5.41, 5.74) is 6.65. The third kappa shape index (κ3) is 5.19. The number of primary amides is 1. The number of rotatable bonds is 5. The molecule has 0 aromatic heterocycles. The van der Waals surface area contributed by atoms with E-state index in [1.54, 1.807) is 4.90 Å². The number of nitrogens with two attached hydrogens (primary N) is 1. The average Bonchev–Trinajstić information content (AvgIpc) is 2.65. The summed E-state index contributed by atoms with van der Waals surface area (Å²) in [6.45, 7) is 6.20. The molecular formula is C19H27ClN4O2. The molecule has 0 saturated carbocycles. The molecule has 7 heteroatoms. The van der Waals surface area contributed by atoms with E-state index in [1.165, 1.54) is 5.56 Å². The topological polar surface area (TPSA) is 69.9 Å². The highest BCUT2D eigenvalue weighted by molar-refractivity contribution is 6.30. The van der Waals surface area contributed by atoms with Crippen LogP contribution in [-0.2, 0) is 16.1 Å². The summed E-state index contributed by atoms with van der Waals surface area (Å²) in [6, 6.07) is 7.96. The lowest BCUT2D eigenvalue weighted by atomic mass is 9.97. The SMILES string of the molecule is NC(=O)C1CCCN(C(=O)CN2CCN(Cc3ccc(Cl)cc3)CC2)C1. The molecule has 2 amide bonds. The smallest absolute Gasteiger partial charge is 0.236 e. The quantitative estimate of drug-likeness (QED) is 0.835. The van der Waals surface area contributed by atoms with Crippen LogP contribution < -0.4 is 5.73 Å². The van der Waals surface area contributed by atoms with Gasteiger partial charge in [-0.15, -0.1) is 0 Å². The fourth-order valence-corrected chi connectivity index (χ4v) is 3.81. The Morgan fingerprint density at radius 1 is 1.04 bits per heavy atom. The molecule has 3 rings (SSSR count). The van der Waals surface area contributed by atoms with Crippen LogP contribution in [0.4, 0.5) is 0 Å². The maximum atomic E-state index is 12.5. The molecule has 0 spiro atoms. The van der Waals surface area contributed by atoms with Crippen LogP contribution in [0, 0.1) is 5.92 Å². The summed E-state index contributed by atoms with van der Waals surface area (Å²) in [5.74, 6) is -0.371. The van der Waals surface area contributed by atoms with Crippen LogP contribution in [0.15, 0.2) is 24.3 Å². The van der Waals surface area contributed by atoms with E-state index < -0.39 is 0 Å². The zero-order valence-corrected chi connectivity index (χ0v) is 15.8. The summed E-state index contributed by atoms with van der Waals surface area (Å²) < 4.78 is 0. The van der Waals surface area contributed by atoms with Crippen LogP contribution in [0.1, 0.15) is 18.4 Å². The Hall–Kier alpha value is -1.63. The lowest BCUT2D eigenvalue weighted by Gasteiger charge is -2.37. The minimum atomic E-state index is -0.293. The monoisotopic (exact) mass is 378 g/mol. The van der Waals surface area contributed by atoms with Gasteiger partial charge < -0.3 is 10.6 Å². The van der Waals surface area contributed by atoms with Gasteiger partial charge in [0.25, 0.3) is 0 Å². The van der Waals surface area contributed by atoms with Crippen LogP contribution >= 0.6 is 11.6 Å². The largest absolute Gasteiger partial charge is 0.369 e. The second-order valence-corrected chi connectivity index (χ2v) is 7.70. The first kappa shape index (κ1) is 19.1. The molecule has 1 aromatic rings. The third-order valence-electron chi connectivity index (χ3n) is 5.32. The molecule has 1 aromatic carbocycles. The number of hydrogen-bond donors (Lipinski definition) is 1. The van der Waals surface area contributed by atoms with Crippen molar-refractivity contribution in [3.63, 3.8) is 0 Å². The molecule has 2 heterocycles. The molecule has 6 nitrogen and oxygen atoms in total. The molecule has 26 heavy (non-hydrogen) atoms. The van der Waals surface area contributed by atoms with Gasteiger partial charge in [0, 0.05) is 50.8 Å². The van der Waals surface area contributed by atoms with Gasteiger partial charge in [-0.05, 0) is 30.5 Å². The Kier molecular flexibility index (Phi) is 6.51. The lowest BCUT2D eigenvalue weighted by molar-refractivity contribution is -0.136. The van der Waals surface area contributed by atoms with E-state index in [2.05, 4.69) is 21.9 Å². The van der Waals surface area contributed by atoms with Gasteiger partial charge in [-0.1, -0.05) is 23.7 Å². The Balaban J connectivity index is 1.42. The number of carbonyl (C=O) groups excluding carboxylic acids is 2. The van der Waals surface area contributed by atoms with E-state index in [0.717, 1.165) is 57.1 Å². The van der Waals surface area contributed by atoms with E-state index in [4.69, 9.17) is 17.3 Å². The summed E-state index contributed by atoms with van der Waals surface area (Å²) in [6.07, 6.45) is 1.65. The Morgan fingerprint density at radius 3 is 2.35 bits per heavy atom. The standard InChI is InChI=1S/C19H27ClN4O2/c20-17-5-3-15(4-6-17)12-22-8-10-23(11-9-22)14-18(25)24-7-1-2-16(13-24)19(21)26/h3-6,16H,1-2,7-14H2,(H2,21,26). The van der Waals surface area contributed by atoms with Gasteiger partial charge in [-0.3, -0.25) is 19.4 Å². The molecule has 2 fully saturated rings. The molecule has 1 atom stereocenters. The molecule has 2 N–H and O–H groups in total. The zero-order chi connectivity index (χ0) is 18.5. The maximum absolute atomic E-state index is 12.5. The molecule has 0 bridgehead atoms. The van der Waals surface area contributed by atoms with Crippen molar-refractivity contribution in [2.45, 2.75) is 19.4 Å². The molecule has 2 aliphatic rings. The average molecular weight is 379 g/mol.